The molecule has 0 unspecified atom stereocenters. The number of halogens is 2. The molecule has 1 N–H and O–H groups in total. The maximum atomic E-state index is 13.4. The van der Waals surface area contributed by atoms with E-state index in [1.807, 2.05) is 29.6 Å². The number of anilines is 2. The highest BCUT2D eigenvalue weighted by atomic mass is 35.5. The fourth-order valence-corrected chi connectivity index (χ4v) is 4.50. The molecule has 0 atom stereocenters. The lowest BCUT2D eigenvalue weighted by atomic mass is 10.1. The number of hydrogen-bond acceptors (Lipinski definition) is 7. The molecule has 0 spiro atoms. The van der Waals surface area contributed by atoms with E-state index >= 15 is 0 Å². The lowest BCUT2D eigenvalue weighted by Gasteiger charge is -2.12. The highest BCUT2D eigenvalue weighted by Gasteiger charge is 2.11. The molecule has 0 saturated heterocycles. The molecule has 9 heteroatoms. The van der Waals surface area contributed by atoms with Gasteiger partial charge in [-0.05, 0) is 48.0 Å². The zero-order valence-electron chi connectivity index (χ0n) is 18.2. The van der Waals surface area contributed by atoms with E-state index in [4.69, 9.17) is 21.6 Å². The molecule has 0 fully saturated rings. The quantitative estimate of drug-likeness (QED) is 0.260. The smallest absolute Gasteiger partial charge is 0.141 e. The average Bonchev–Trinajstić information content (AvgIpc) is 3.32. The minimum absolute atomic E-state index is 0.205. The van der Waals surface area contributed by atoms with Gasteiger partial charge in [-0.25, -0.2) is 19.3 Å². The summed E-state index contributed by atoms with van der Waals surface area (Å²) in [6, 6.07) is 19.5. The van der Waals surface area contributed by atoms with Gasteiger partial charge in [0.1, 0.15) is 35.3 Å². The number of ether oxygens (including phenoxy) is 1. The minimum atomic E-state index is -0.311. The number of nitriles is 1. The van der Waals surface area contributed by atoms with Crippen LogP contribution in [-0.4, -0.2) is 15.0 Å². The zero-order chi connectivity index (χ0) is 24.2. The van der Waals surface area contributed by atoms with Crippen LogP contribution in [0, 0.1) is 17.1 Å². The van der Waals surface area contributed by atoms with Crippen molar-refractivity contribution in [1.82, 2.24) is 15.0 Å². The number of nitrogens with zero attached hydrogens (tertiary/aromatic N) is 4. The van der Waals surface area contributed by atoms with Crippen LogP contribution in [0.3, 0.4) is 0 Å². The number of rotatable bonds is 7. The SMILES string of the molecule is N#CCc1nc(-c2ccc3ncnc(Nc4ccc(OCc5cccc(F)c5)c(Cl)c4)c3c2)cs1. The van der Waals surface area contributed by atoms with Crippen LogP contribution in [0.4, 0.5) is 15.9 Å². The maximum Gasteiger partial charge on any atom is 0.141 e. The fraction of sp³-hybridized carbons (Fsp3) is 0.0769. The monoisotopic (exact) mass is 501 g/mol. The van der Waals surface area contributed by atoms with Crippen LogP contribution in [0.25, 0.3) is 22.2 Å². The summed E-state index contributed by atoms with van der Waals surface area (Å²) in [5.74, 6) is 0.802. The summed E-state index contributed by atoms with van der Waals surface area (Å²) < 4.78 is 19.1. The standard InChI is InChI=1S/C26H17ClFN5OS/c27-21-12-19(5-7-24(21)34-13-16-2-1-3-18(28)10-16)32-26-20-11-17(4-6-22(20)30-15-31-26)23-14-35-25(33-23)8-9-29/h1-7,10-12,14-15H,8,13H2,(H,30,31,32). The van der Waals surface area contributed by atoms with E-state index in [0.29, 0.717) is 22.2 Å². The molecule has 0 radical (unpaired) electrons. The molecule has 5 aromatic rings. The summed E-state index contributed by atoms with van der Waals surface area (Å²) in [7, 11) is 0. The zero-order valence-corrected chi connectivity index (χ0v) is 19.8. The Morgan fingerprint density at radius 1 is 1.09 bits per heavy atom. The number of benzene rings is 3. The lowest BCUT2D eigenvalue weighted by molar-refractivity contribution is 0.306. The van der Waals surface area contributed by atoms with Gasteiger partial charge >= 0.3 is 0 Å². The highest BCUT2D eigenvalue weighted by Crippen LogP contribution is 2.32. The van der Waals surface area contributed by atoms with Gasteiger partial charge in [0.25, 0.3) is 0 Å². The van der Waals surface area contributed by atoms with Gasteiger partial charge in [0.15, 0.2) is 0 Å². The van der Waals surface area contributed by atoms with Gasteiger partial charge in [0.05, 0.1) is 28.7 Å². The lowest BCUT2D eigenvalue weighted by Crippen LogP contribution is -1.99. The Kier molecular flexibility index (Phi) is 6.53. The van der Waals surface area contributed by atoms with Crippen LogP contribution in [-0.2, 0) is 13.0 Å². The Morgan fingerprint density at radius 2 is 2.00 bits per heavy atom. The molecular weight excluding hydrogens is 485 g/mol. The van der Waals surface area contributed by atoms with E-state index in [2.05, 4.69) is 26.3 Å². The molecule has 172 valence electrons. The second kappa shape index (κ2) is 10.1. The molecule has 3 aromatic carbocycles. The first-order valence-corrected chi connectivity index (χ1v) is 11.8. The van der Waals surface area contributed by atoms with Gasteiger partial charge in [-0.15, -0.1) is 11.3 Å². The molecule has 0 aliphatic heterocycles. The van der Waals surface area contributed by atoms with Gasteiger partial charge in [0.2, 0.25) is 0 Å². The van der Waals surface area contributed by atoms with Crippen LogP contribution < -0.4 is 10.1 Å². The van der Waals surface area contributed by atoms with E-state index in [-0.39, 0.29) is 18.8 Å². The van der Waals surface area contributed by atoms with Crippen molar-refractivity contribution < 1.29 is 9.13 Å². The van der Waals surface area contributed by atoms with E-state index in [0.717, 1.165) is 32.9 Å². The number of hydrogen-bond donors (Lipinski definition) is 1. The van der Waals surface area contributed by atoms with Crippen molar-refractivity contribution in [1.29, 1.82) is 5.26 Å². The van der Waals surface area contributed by atoms with Crippen LogP contribution in [0.5, 0.6) is 5.75 Å². The third-order valence-electron chi connectivity index (χ3n) is 5.19. The summed E-state index contributed by atoms with van der Waals surface area (Å²) >= 11 is 7.90. The maximum absolute atomic E-state index is 13.4. The normalized spacial score (nSPS) is 10.8. The summed E-state index contributed by atoms with van der Waals surface area (Å²) in [5, 5.41) is 16.2. The van der Waals surface area contributed by atoms with E-state index in [1.165, 1.54) is 29.8 Å². The second-order valence-corrected chi connectivity index (χ2v) is 8.95. The van der Waals surface area contributed by atoms with Gasteiger partial charge in [-0.1, -0.05) is 29.8 Å². The highest BCUT2D eigenvalue weighted by molar-refractivity contribution is 7.10. The number of thiazole rings is 1. The fourth-order valence-electron chi connectivity index (χ4n) is 3.53. The Balaban J connectivity index is 1.37. The molecule has 35 heavy (non-hydrogen) atoms. The largest absolute Gasteiger partial charge is 0.487 e. The van der Waals surface area contributed by atoms with Gasteiger partial charge in [0, 0.05) is 22.0 Å². The van der Waals surface area contributed by atoms with Crippen LogP contribution >= 0.6 is 22.9 Å². The van der Waals surface area contributed by atoms with Crippen molar-refractivity contribution in [2.24, 2.45) is 0 Å². The first kappa shape index (κ1) is 22.7. The van der Waals surface area contributed by atoms with E-state index in [1.54, 1.807) is 24.3 Å². The Morgan fingerprint density at radius 3 is 2.83 bits per heavy atom. The molecule has 2 aromatic heterocycles. The summed E-state index contributed by atoms with van der Waals surface area (Å²) in [5.41, 5.74) is 3.93. The first-order chi connectivity index (χ1) is 17.1. The molecular formula is C26H17ClFN5OS. The Labute approximate surface area is 209 Å². The van der Waals surface area contributed by atoms with Crippen molar-refractivity contribution in [2.45, 2.75) is 13.0 Å². The second-order valence-electron chi connectivity index (χ2n) is 7.60. The number of aromatic nitrogens is 3. The topological polar surface area (TPSA) is 83.7 Å². The first-order valence-electron chi connectivity index (χ1n) is 10.6. The van der Waals surface area contributed by atoms with Gasteiger partial charge in [-0.3, -0.25) is 0 Å². The molecule has 0 bridgehead atoms. The van der Waals surface area contributed by atoms with Gasteiger partial charge < -0.3 is 10.1 Å². The Bertz CT molecular complexity index is 1570. The van der Waals surface area contributed by atoms with Crippen LogP contribution in [0.15, 0.2) is 72.4 Å². The molecule has 0 amide bonds. The predicted molar refractivity (Wildman–Crippen MR) is 135 cm³/mol. The average molecular weight is 502 g/mol. The van der Waals surface area contributed by atoms with Crippen molar-refractivity contribution in [3.63, 3.8) is 0 Å². The van der Waals surface area contributed by atoms with Crippen LogP contribution in [0.1, 0.15) is 10.6 Å². The summed E-state index contributed by atoms with van der Waals surface area (Å²) in [6.07, 6.45) is 1.78. The predicted octanol–water partition coefficient (Wildman–Crippen LogP) is 6.93. The van der Waals surface area contributed by atoms with Crippen molar-refractivity contribution in [3.8, 4) is 23.1 Å². The number of fused-ring (bicyclic) bond motifs is 1. The van der Waals surface area contributed by atoms with Crippen molar-refractivity contribution >= 4 is 45.3 Å². The minimum Gasteiger partial charge on any atom is -0.487 e. The summed E-state index contributed by atoms with van der Waals surface area (Å²) in [4.78, 5) is 13.3. The third-order valence-corrected chi connectivity index (χ3v) is 6.34. The van der Waals surface area contributed by atoms with E-state index in [9.17, 15) is 4.39 Å². The van der Waals surface area contributed by atoms with Crippen molar-refractivity contribution in [2.75, 3.05) is 5.32 Å². The number of nitrogens with one attached hydrogen (secondary N) is 1. The molecule has 5 rings (SSSR count). The molecule has 2 heterocycles. The van der Waals surface area contributed by atoms with Crippen LogP contribution in [0.2, 0.25) is 5.02 Å². The third kappa shape index (κ3) is 5.22. The molecule has 0 aliphatic rings. The summed E-state index contributed by atoms with van der Waals surface area (Å²) in [6.45, 7) is 0.205. The van der Waals surface area contributed by atoms with E-state index < -0.39 is 0 Å². The molecule has 0 aliphatic carbocycles. The molecule has 0 saturated carbocycles. The van der Waals surface area contributed by atoms with Crippen molar-refractivity contribution in [3.05, 3.63) is 93.8 Å². The Hall–Kier alpha value is -4.06. The molecule has 6 nitrogen and oxygen atoms in total. The van der Waals surface area contributed by atoms with Gasteiger partial charge in [-0.2, -0.15) is 5.26 Å².